The fourth-order valence-corrected chi connectivity index (χ4v) is 2.98. The van der Waals surface area contributed by atoms with Gasteiger partial charge in [0.25, 0.3) is 5.91 Å². The van der Waals surface area contributed by atoms with Crippen LogP contribution in [0.1, 0.15) is 5.56 Å². The number of amides is 1. The number of hydrogen-bond donors (Lipinski definition) is 1. The Morgan fingerprint density at radius 1 is 1.04 bits per heavy atom. The molecule has 1 amide bonds. The molecule has 0 saturated heterocycles. The van der Waals surface area contributed by atoms with Crippen LogP contribution in [0.2, 0.25) is 0 Å². The highest BCUT2D eigenvalue weighted by Crippen LogP contribution is 2.29. The van der Waals surface area contributed by atoms with Gasteiger partial charge in [-0.3, -0.25) is 4.79 Å². The summed E-state index contributed by atoms with van der Waals surface area (Å²) in [4.78, 5) is 12.1. The van der Waals surface area contributed by atoms with E-state index in [4.69, 9.17) is 9.47 Å². The maximum atomic E-state index is 12.1. The Kier molecular flexibility index (Phi) is 6.81. The SMILES string of the molecule is COc1ccc(Br)cc1/C=N/NC(=O)COc1ccccc1-c1ccccc1. The van der Waals surface area contributed by atoms with Crippen molar-refractivity contribution in [2.75, 3.05) is 13.7 Å². The Morgan fingerprint density at radius 3 is 2.57 bits per heavy atom. The first kappa shape index (κ1) is 19.6. The molecule has 0 atom stereocenters. The van der Waals surface area contributed by atoms with Crippen LogP contribution in [-0.2, 0) is 4.79 Å². The van der Waals surface area contributed by atoms with Crippen LogP contribution in [0.5, 0.6) is 11.5 Å². The molecule has 3 aromatic rings. The summed E-state index contributed by atoms with van der Waals surface area (Å²) in [6.07, 6.45) is 1.53. The van der Waals surface area contributed by atoms with Gasteiger partial charge in [0.2, 0.25) is 0 Å². The van der Waals surface area contributed by atoms with E-state index in [9.17, 15) is 4.79 Å². The van der Waals surface area contributed by atoms with Crippen molar-refractivity contribution >= 4 is 28.1 Å². The van der Waals surface area contributed by atoms with Crippen molar-refractivity contribution in [3.05, 3.63) is 82.8 Å². The minimum Gasteiger partial charge on any atom is -0.496 e. The van der Waals surface area contributed by atoms with Crippen LogP contribution in [0, 0.1) is 0 Å². The van der Waals surface area contributed by atoms with Gasteiger partial charge in [-0.1, -0.05) is 64.5 Å². The second-order valence-corrected chi connectivity index (χ2v) is 6.75. The maximum Gasteiger partial charge on any atom is 0.277 e. The summed E-state index contributed by atoms with van der Waals surface area (Å²) in [6.45, 7) is -0.142. The molecule has 0 aliphatic rings. The highest BCUT2D eigenvalue weighted by Gasteiger charge is 2.08. The summed E-state index contributed by atoms with van der Waals surface area (Å²) in [7, 11) is 1.58. The Morgan fingerprint density at radius 2 is 1.79 bits per heavy atom. The van der Waals surface area contributed by atoms with Crippen molar-refractivity contribution in [1.82, 2.24) is 5.43 Å². The highest BCUT2D eigenvalue weighted by molar-refractivity contribution is 9.10. The van der Waals surface area contributed by atoms with E-state index >= 15 is 0 Å². The quantitative estimate of drug-likeness (QED) is 0.431. The second kappa shape index (κ2) is 9.71. The van der Waals surface area contributed by atoms with Crippen molar-refractivity contribution in [2.24, 2.45) is 5.10 Å². The van der Waals surface area contributed by atoms with Gasteiger partial charge in [0, 0.05) is 15.6 Å². The van der Waals surface area contributed by atoms with Crippen molar-refractivity contribution in [1.29, 1.82) is 0 Å². The number of rotatable bonds is 7. The van der Waals surface area contributed by atoms with Gasteiger partial charge in [-0.2, -0.15) is 5.10 Å². The number of para-hydroxylation sites is 1. The van der Waals surface area contributed by atoms with Gasteiger partial charge in [0.05, 0.1) is 13.3 Å². The first-order valence-electron chi connectivity index (χ1n) is 8.60. The number of ether oxygens (including phenoxy) is 2. The summed E-state index contributed by atoms with van der Waals surface area (Å²) >= 11 is 3.40. The van der Waals surface area contributed by atoms with Crippen molar-refractivity contribution < 1.29 is 14.3 Å². The van der Waals surface area contributed by atoms with Gasteiger partial charge >= 0.3 is 0 Å². The highest BCUT2D eigenvalue weighted by atomic mass is 79.9. The fourth-order valence-electron chi connectivity index (χ4n) is 2.60. The monoisotopic (exact) mass is 438 g/mol. The summed E-state index contributed by atoms with van der Waals surface area (Å²) in [5, 5.41) is 3.98. The van der Waals surface area contributed by atoms with Crippen LogP contribution in [0.15, 0.2) is 82.4 Å². The van der Waals surface area contributed by atoms with E-state index in [0.29, 0.717) is 11.5 Å². The third kappa shape index (κ3) is 5.20. The first-order chi connectivity index (χ1) is 13.7. The first-order valence-corrected chi connectivity index (χ1v) is 9.39. The van der Waals surface area contributed by atoms with Crippen LogP contribution < -0.4 is 14.9 Å². The van der Waals surface area contributed by atoms with Crippen LogP contribution in [-0.4, -0.2) is 25.8 Å². The smallest absolute Gasteiger partial charge is 0.277 e. The van der Waals surface area contributed by atoms with Gasteiger partial charge in [-0.25, -0.2) is 5.43 Å². The average molecular weight is 439 g/mol. The van der Waals surface area contributed by atoms with E-state index in [1.807, 2.05) is 72.8 Å². The lowest BCUT2D eigenvalue weighted by Crippen LogP contribution is -2.24. The van der Waals surface area contributed by atoms with E-state index in [-0.39, 0.29) is 12.5 Å². The normalized spacial score (nSPS) is 10.6. The molecule has 0 fully saturated rings. The van der Waals surface area contributed by atoms with E-state index in [0.717, 1.165) is 21.2 Å². The number of nitrogens with zero attached hydrogens (tertiary/aromatic N) is 1. The van der Waals surface area contributed by atoms with Crippen molar-refractivity contribution in [3.63, 3.8) is 0 Å². The molecular formula is C22H19BrN2O3. The third-order valence-corrected chi connectivity index (χ3v) is 4.41. The summed E-state index contributed by atoms with van der Waals surface area (Å²) in [5.74, 6) is 0.948. The number of carbonyl (C=O) groups is 1. The number of methoxy groups -OCH3 is 1. The zero-order chi connectivity index (χ0) is 19.8. The molecule has 0 radical (unpaired) electrons. The van der Waals surface area contributed by atoms with Crippen LogP contribution in [0.4, 0.5) is 0 Å². The Labute approximate surface area is 172 Å². The predicted molar refractivity (Wildman–Crippen MR) is 114 cm³/mol. The summed E-state index contributed by atoms with van der Waals surface area (Å²) in [5.41, 5.74) is 5.16. The van der Waals surface area contributed by atoms with Crippen LogP contribution >= 0.6 is 15.9 Å². The third-order valence-electron chi connectivity index (χ3n) is 3.92. The Bertz CT molecular complexity index is 975. The van der Waals surface area contributed by atoms with Gasteiger partial charge in [0.15, 0.2) is 6.61 Å². The molecule has 0 bridgehead atoms. The molecule has 142 valence electrons. The molecule has 0 aromatic heterocycles. The van der Waals surface area contributed by atoms with Crippen molar-refractivity contribution in [2.45, 2.75) is 0 Å². The van der Waals surface area contributed by atoms with Gasteiger partial charge in [0.1, 0.15) is 11.5 Å². The number of halogens is 1. The summed E-state index contributed by atoms with van der Waals surface area (Å²) in [6, 6.07) is 23.0. The number of benzene rings is 3. The maximum absolute atomic E-state index is 12.1. The van der Waals surface area contributed by atoms with Gasteiger partial charge in [-0.15, -0.1) is 0 Å². The van der Waals surface area contributed by atoms with Gasteiger partial charge < -0.3 is 9.47 Å². The largest absolute Gasteiger partial charge is 0.496 e. The number of carbonyl (C=O) groups excluding carboxylic acids is 1. The van der Waals surface area contributed by atoms with Crippen LogP contribution in [0.3, 0.4) is 0 Å². The summed E-state index contributed by atoms with van der Waals surface area (Å²) < 4.78 is 11.9. The molecule has 1 N–H and O–H groups in total. The minimum absolute atomic E-state index is 0.142. The number of hydrogen-bond acceptors (Lipinski definition) is 4. The Balaban J connectivity index is 1.61. The Hall–Kier alpha value is -3.12. The van der Waals surface area contributed by atoms with E-state index < -0.39 is 0 Å². The molecule has 3 aromatic carbocycles. The zero-order valence-corrected chi connectivity index (χ0v) is 16.8. The second-order valence-electron chi connectivity index (χ2n) is 5.83. The molecular weight excluding hydrogens is 420 g/mol. The molecule has 0 unspecified atom stereocenters. The lowest BCUT2D eigenvalue weighted by atomic mass is 10.1. The molecule has 0 heterocycles. The molecule has 5 nitrogen and oxygen atoms in total. The van der Waals surface area contributed by atoms with Gasteiger partial charge in [-0.05, 0) is 29.8 Å². The molecule has 0 aliphatic heterocycles. The number of nitrogens with one attached hydrogen (secondary N) is 1. The lowest BCUT2D eigenvalue weighted by Gasteiger charge is -2.11. The molecule has 0 aliphatic carbocycles. The molecule has 6 heteroatoms. The topological polar surface area (TPSA) is 59.9 Å². The minimum atomic E-state index is -0.354. The van der Waals surface area contributed by atoms with Crippen molar-refractivity contribution in [3.8, 4) is 22.6 Å². The zero-order valence-electron chi connectivity index (χ0n) is 15.3. The molecule has 0 saturated carbocycles. The average Bonchev–Trinajstić information content (AvgIpc) is 2.73. The molecule has 0 spiro atoms. The fraction of sp³-hybridized carbons (Fsp3) is 0.0909. The predicted octanol–water partition coefficient (Wildman–Crippen LogP) is 4.65. The van der Waals surface area contributed by atoms with Crippen LogP contribution in [0.25, 0.3) is 11.1 Å². The standard InChI is InChI=1S/C22H19BrN2O3/c1-27-20-12-11-18(23)13-17(20)14-24-25-22(26)15-28-21-10-6-5-9-19(21)16-7-3-2-4-8-16/h2-14H,15H2,1H3,(H,25,26)/b24-14+. The van der Waals surface area contributed by atoms with E-state index in [1.54, 1.807) is 7.11 Å². The molecule has 3 rings (SSSR count). The molecule has 28 heavy (non-hydrogen) atoms. The van der Waals surface area contributed by atoms with E-state index in [2.05, 4.69) is 26.5 Å². The van der Waals surface area contributed by atoms with E-state index in [1.165, 1.54) is 6.21 Å². The number of hydrazone groups is 1. The lowest BCUT2D eigenvalue weighted by molar-refractivity contribution is -0.123.